The fourth-order valence-electron chi connectivity index (χ4n) is 1.79. The molecule has 8 heteroatoms. The minimum Gasteiger partial charge on any atom is -0.479 e. The van der Waals surface area contributed by atoms with Gasteiger partial charge in [0.1, 0.15) is 0 Å². The summed E-state index contributed by atoms with van der Waals surface area (Å²) in [6.45, 7) is 6.35. The zero-order chi connectivity index (χ0) is 16.0. The number of aryl methyl sites for hydroxylation is 1. The maximum Gasteiger partial charge on any atom is 0.331 e. The third-order valence-corrected chi connectivity index (χ3v) is 2.79. The van der Waals surface area contributed by atoms with E-state index in [2.05, 4.69) is 15.7 Å². The topological polar surface area (TPSA) is 105 Å². The molecule has 1 heterocycles. The average molecular weight is 298 g/mol. The van der Waals surface area contributed by atoms with Gasteiger partial charge in [-0.15, -0.1) is 0 Å². The molecule has 1 rings (SSSR count). The lowest BCUT2D eigenvalue weighted by Crippen LogP contribution is -2.46. The fraction of sp³-hybridized carbons (Fsp3) is 0.615. The molecule has 0 aliphatic rings. The van der Waals surface area contributed by atoms with Crippen LogP contribution in [0.4, 0.5) is 4.79 Å². The van der Waals surface area contributed by atoms with Crippen molar-refractivity contribution in [2.24, 2.45) is 7.05 Å². The number of rotatable bonds is 7. The lowest BCUT2D eigenvalue weighted by molar-refractivity contribution is -0.139. The van der Waals surface area contributed by atoms with Gasteiger partial charge < -0.3 is 20.5 Å². The Morgan fingerprint density at radius 2 is 2.19 bits per heavy atom. The van der Waals surface area contributed by atoms with E-state index in [9.17, 15) is 14.7 Å². The van der Waals surface area contributed by atoms with Crippen LogP contribution in [-0.2, 0) is 16.6 Å². The summed E-state index contributed by atoms with van der Waals surface area (Å²) in [6, 6.07) is -1.71. The number of carboxylic acids is 1. The molecule has 0 aliphatic carbocycles. The van der Waals surface area contributed by atoms with Crippen molar-refractivity contribution in [1.29, 1.82) is 0 Å². The molecule has 1 aromatic heterocycles. The molecule has 0 saturated carbocycles. The first kappa shape index (κ1) is 17.0. The number of urea groups is 1. The van der Waals surface area contributed by atoms with Gasteiger partial charge in [0.05, 0.1) is 11.8 Å². The summed E-state index contributed by atoms with van der Waals surface area (Å²) in [5.41, 5.74) is -0.108. The van der Waals surface area contributed by atoms with E-state index in [4.69, 9.17) is 4.74 Å². The van der Waals surface area contributed by atoms with Gasteiger partial charge in [-0.3, -0.25) is 4.68 Å². The zero-order valence-electron chi connectivity index (χ0n) is 12.7. The number of carboxylic acid groups (broad SMARTS) is 1. The maximum atomic E-state index is 11.8. The lowest BCUT2D eigenvalue weighted by atomic mass is 10.1. The smallest absolute Gasteiger partial charge is 0.331 e. The number of ether oxygens (including phenoxy) is 1. The maximum absolute atomic E-state index is 11.8. The molecule has 2 amide bonds. The molecule has 1 atom stereocenters. The molecule has 21 heavy (non-hydrogen) atoms. The Labute approximate surface area is 123 Å². The molecule has 0 radical (unpaired) electrons. The zero-order valence-corrected chi connectivity index (χ0v) is 12.7. The molecule has 8 nitrogen and oxygen atoms in total. The average Bonchev–Trinajstić information content (AvgIpc) is 2.79. The van der Waals surface area contributed by atoms with E-state index in [0.717, 1.165) is 0 Å². The van der Waals surface area contributed by atoms with Crippen molar-refractivity contribution in [1.82, 2.24) is 20.4 Å². The second-order valence-corrected chi connectivity index (χ2v) is 5.24. The van der Waals surface area contributed by atoms with Crippen LogP contribution in [0.15, 0.2) is 12.4 Å². The van der Waals surface area contributed by atoms with Crippen molar-refractivity contribution in [3.05, 3.63) is 18.0 Å². The highest BCUT2D eigenvalue weighted by Crippen LogP contribution is 2.12. The van der Waals surface area contributed by atoms with Gasteiger partial charge in [0.2, 0.25) is 0 Å². The highest BCUT2D eigenvalue weighted by molar-refractivity contribution is 5.83. The predicted octanol–water partition coefficient (Wildman–Crippen LogP) is 0.660. The van der Waals surface area contributed by atoms with Gasteiger partial charge in [-0.25, -0.2) is 9.59 Å². The van der Waals surface area contributed by atoms with Crippen LogP contribution in [0.1, 0.15) is 32.4 Å². The van der Waals surface area contributed by atoms with E-state index in [0.29, 0.717) is 12.2 Å². The van der Waals surface area contributed by atoms with Crippen LogP contribution in [0.5, 0.6) is 0 Å². The first-order valence-corrected chi connectivity index (χ1v) is 6.65. The van der Waals surface area contributed by atoms with Gasteiger partial charge >= 0.3 is 12.0 Å². The van der Waals surface area contributed by atoms with Crippen molar-refractivity contribution in [2.45, 2.75) is 32.4 Å². The number of amides is 2. The molecule has 0 aromatic carbocycles. The molecule has 0 saturated heterocycles. The van der Waals surface area contributed by atoms with Gasteiger partial charge in [0.25, 0.3) is 0 Å². The number of nitrogens with one attached hydrogen (secondary N) is 2. The first-order chi connectivity index (χ1) is 9.75. The summed E-state index contributed by atoms with van der Waals surface area (Å²) in [7, 11) is 1.67. The molecule has 1 aromatic rings. The van der Waals surface area contributed by atoms with Gasteiger partial charge in [-0.1, -0.05) is 0 Å². The monoisotopic (exact) mass is 298 g/mol. The predicted molar refractivity (Wildman–Crippen MR) is 75.8 cm³/mol. The van der Waals surface area contributed by atoms with Crippen LogP contribution in [-0.4, -0.2) is 45.6 Å². The Morgan fingerprint density at radius 3 is 2.67 bits per heavy atom. The van der Waals surface area contributed by atoms with Crippen LogP contribution in [0.3, 0.4) is 0 Å². The summed E-state index contributed by atoms with van der Waals surface area (Å²) >= 11 is 0. The van der Waals surface area contributed by atoms with Crippen LogP contribution in [0.25, 0.3) is 0 Å². The molecular formula is C13H22N4O4. The number of aliphatic carboxylic acids is 1. The number of carbonyl (C=O) groups is 2. The lowest BCUT2D eigenvalue weighted by Gasteiger charge is -2.25. The number of hydrogen-bond donors (Lipinski definition) is 3. The molecule has 0 fully saturated rings. The van der Waals surface area contributed by atoms with E-state index in [-0.39, 0.29) is 6.54 Å². The number of hydrogen-bond acceptors (Lipinski definition) is 4. The Kier molecular flexibility index (Phi) is 5.71. The third kappa shape index (κ3) is 5.42. The van der Waals surface area contributed by atoms with Crippen LogP contribution < -0.4 is 10.6 Å². The molecule has 118 valence electrons. The quantitative estimate of drug-likeness (QED) is 0.686. The summed E-state index contributed by atoms with van der Waals surface area (Å²) in [5.74, 6) is -1.15. The van der Waals surface area contributed by atoms with Gasteiger partial charge in [0, 0.05) is 32.0 Å². The van der Waals surface area contributed by atoms with Gasteiger partial charge in [-0.2, -0.15) is 5.10 Å². The Hall–Kier alpha value is -2.09. The molecule has 3 N–H and O–H groups in total. The second kappa shape index (κ2) is 7.07. The van der Waals surface area contributed by atoms with E-state index < -0.39 is 23.6 Å². The van der Waals surface area contributed by atoms with Crippen LogP contribution >= 0.6 is 0 Å². The minimum atomic E-state index is -1.15. The number of nitrogens with zero attached hydrogens (tertiary/aromatic N) is 2. The fourth-order valence-corrected chi connectivity index (χ4v) is 1.79. The Morgan fingerprint density at radius 1 is 1.52 bits per heavy atom. The van der Waals surface area contributed by atoms with E-state index >= 15 is 0 Å². The summed E-state index contributed by atoms with van der Waals surface area (Å²) in [4.78, 5) is 23.1. The summed E-state index contributed by atoms with van der Waals surface area (Å²) in [5, 5.41) is 18.1. The molecule has 1 unspecified atom stereocenters. The van der Waals surface area contributed by atoms with E-state index in [1.165, 1.54) is 10.9 Å². The molecule has 0 aliphatic heterocycles. The van der Waals surface area contributed by atoms with Crippen molar-refractivity contribution in [3.63, 3.8) is 0 Å². The van der Waals surface area contributed by atoms with Crippen LogP contribution in [0.2, 0.25) is 0 Å². The SMILES string of the molecule is CCOC(C)(C)CNC(=O)NC(C(=O)O)c1cnn(C)c1. The Bertz CT molecular complexity index is 498. The minimum absolute atomic E-state index is 0.270. The number of carbonyl (C=O) groups excluding carboxylic acids is 1. The Balaban J connectivity index is 2.60. The number of aromatic nitrogens is 2. The third-order valence-electron chi connectivity index (χ3n) is 2.79. The van der Waals surface area contributed by atoms with Gasteiger partial charge in [0.15, 0.2) is 6.04 Å². The van der Waals surface area contributed by atoms with Crippen molar-refractivity contribution in [3.8, 4) is 0 Å². The molecule has 0 spiro atoms. The summed E-state index contributed by atoms with van der Waals surface area (Å²) < 4.78 is 6.92. The largest absolute Gasteiger partial charge is 0.479 e. The highest BCUT2D eigenvalue weighted by atomic mass is 16.5. The van der Waals surface area contributed by atoms with E-state index in [1.54, 1.807) is 13.2 Å². The van der Waals surface area contributed by atoms with Crippen molar-refractivity contribution >= 4 is 12.0 Å². The normalized spacial score (nSPS) is 12.8. The van der Waals surface area contributed by atoms with Gasteiger partial charge in [-0.05, 0) is 20.8 Å². The van der Waals surface area contributed by atoms with Crippen LogP contribution in [0, 0.1) is 0 Å². The first-order valence-electron chi connectivity index (χ1n) is 6.65. The standard InChI is InChI=1S/C13H22N4O4/c1-5-21-13(2,3)8-14-12(20)16-10(11(18)19)9-6-15-17(4)7-9/h6-7,10H,5,8H2,1-4H3,(H,18,19)(H2,14,16,20). The highest BCUT2D eigenvalue weighted by Gasteiger charge is 2.25. The summed E-state index contributed by atoms with van der Waals surface area (Å²) in [6.07, 6.45) is 2.95. The van der Waals surface area contributed by atoms with Crippen molar-refractivity contribution in [2.75, 3.05) is 13.2 Å². The van der Waals surface area contributed by atoms with E-state index in [1.807, 2.05) is 20.8 Å². The molecule has 0 bridgehead atoms. The molecular weight excluding hydrogens is 276 g/mol. The van der Waals surface area contributed by atoms with Crippen molar-refractivity contribution < 1.29 is 19.4 Å². The second-order valence-electron chi connectivity index (χ2n) is 5.24.